The van der Waals surface area contributed by atoms with Crippen LogP contribution in [0.3, 0.4) is 0 Å². The predicted octanol–water partition coefficient (Wildman–Crippen LogP) is 2.95. The molecule has 0 heterocycles. The molecule has 0 spiro atoms. The summed E-state index contributed by atoms with van der Waals surface area (Å²) in [5.41, 5.74) is 2.20. The molecule has 0 aliphatic heterocycles. The Hall–Kier alpha value is -2.89. The summed E-state index contributed by atoms with van der Waals surface area (Å²) in [4.78, 5) is 27.5. The maximum absolute atomic E-state index is 13.6. The van der Waals surface area contributed by atoms with E-state index in [1.165, 1.54) is 13.0 Å². The molecule has 0 aromatic heterocycles. The lowest BCUT2D eigenvalue weighted by atomic mass is 10.2. The van der Waals surface area contributed by atoms with Crippen molar-refractivity contribution < 1.29 is 14.0 Å². The molecular formula is C20H24FN3O2. The van der Waals surface area contributed by atoms with E-state index in [0.29, 0.717) is 5.56 Å². The summed E-state index contributed by atoms with van der Waals surface area (Å²) >= 11 is 0. The number of nitrogens with zero attached hydrogens (tertiary/aromatic N) is 2. The van der Waals surface area contributed by atoms with Gasteiger partial charge in [-0.2, -0.15) is 0 Å². The number of halogens is 1. The maximum atomic E-state index is 13.6. The van der Waals surface area contributed by atoms with Crippen molar-refractivity contribution in [2.24, 2.45) is 0 Å². The van der Waals surface area contributed by atoms with Gasteiger partial charge in [0.1, 0.15) is 5.82 Å². The summed E-state index contributed by atoms with van der Waals surface area (Å²) in [5.74, 6) is -0.715. The van der Waals surface area contributed by atoms with Crippen LogP contribution in [0.4, 0.5) is 15.8 Å². The van der Waals surface area contributed by atoms with Crippen LogP contribution in [0.25, 0.3) is 0 Å². The number of carbonyl (C=O) groups excluding carboxylic acids is 2. The number of carbonyl (C=O) groups is 2. The first-order valence-corrected chi connectivity index (χ1v) is 8.44. The standard InChI is InChI=1S/C20H24FN3O2/c1-15(25)24(18-10-8-17(9-11-18)23(2)3)13-12-20(26)22-14-16-6-4-5-7-19(16)21/h4-11H,12-14H2,1-3H3,(H,22,26). The smallest absolute Gasteiger partial charge is 0.223 e. The first kappa shape index (κ1) is 19.4. The molecule has 2 rings (SSSR count). The molecular weight excluding hydrogens is 333 g/mol. The van der Waals surface area contributed by atoms with Crippen LogP contribution in [0.5, 0.6) is 0 Å². The van der Waals surface area contributed by atoms with Gasteiger partial charge >= 0.3 is 0 Å². The van der Waals surface area contributed by atoms with Crippen LogP contribution in [0.2, 0.25) is 0 Å². The highest BCUT2D eigenvalue weighted by molar-refractivity contribution is 5.92. The minimum Gasteiger partial charge on any atom is -0.378 e. The number of nitrogens with one attached hydrogen (secondary N) is 1. The average molecular weight is 357 g/mol. The first-order valence-electron chi connectivity index (χ1n) is 8.44. The second kappa shape index (κ2) is 8.99. The fraction of sp³-hybridized carbons (Fsp3) is 0.300. The summed E-state index contributed by atoms with van der Waals surface area (Å²) < 4.78 is 13.6. The molecule has 2 aromatic rings. The van der Waals surface area contributed by atoms with Gasteiger partial charge in [0.15, 0.2) is 0 Å². The molecule has 0 aliphatic carbocycles. The van der Waals surface area contributed by atoms with Crippen molar-refractivity contribution in [2.75, 3.05) is 30.4 Å². The van der Waals surface area contributed by atoms with Gasteiger partial charge in [0, 0.05) is 57.5 Å². The Morgan fingerprint density at radius 3 is 2.19 bits per heavy atom. The van der Waals surface area contributed by atoms with E-state index in [-0.39, 0.29) is 37.1 Å². The molecule has 0 bridgehead atoms. The molecule has 6 heteroatoms. The van der Waals surface area contributed by atoms with E-state index in [2.05, 4.69) is 5.32 Å². The topological polar surface area (TPSA) is 52.7 Å². The summed E-state index contributed by atoms with van der Waals surface area (Å²) in [7, 11) is 3.88. The molecule has 0 unspecified atom stereocenters. The Balaban J connectivity index is 1.92. The van der Waals surface area contributed by atoms with E-state index in [1.54, 1.807) is 23.1 Å². The summed E-state index contributed by atoms with van der Waals surface area (Å²) in [6, 6.07) is 13.9. The molecule has 0 aliphatic rings. The van der Waals surface area contributed by atoms with Crippen molar-refractivity contribution in [1.82, 2.24) is 5.32 Å². The molecule has 0 atom stereocenters. The largest absolute Gasteiger partial charge is 0.378 e. The molecule has 26 heavy (non-hydrogen) atoms. The van der Waals surface area contributed by atoms with Crippen LogP contribution in [0, 0.1) is 5.82 Å². The molecule has 0 saturated heterocycles. The van der Waals surface area contributed by atoms with Crippen molar-refractivity contribution >= 4 is 23.2 Å². The molecule has 1 N–H and O–H groups in total. The highest BCUT2D eigenvalue weighted by atomic mass is 19.1. The monoisotopic (exact) mass is 357 g/mol. The normalized spacial score (nSPS) is 10.3. The fourth-order valence-corrected chi connectivity index (χ4v) is 2.54. The molecule has 2 amide bonds. The average Bonchev–Trinajstić information content (AvgIpc) is 2.61. The Morgan fingerprint density at radius 2 is 1.62 bits per heavy atom. The van der Waals surface area contributed by atoms with Gasteiger partial charge in [-0.25, -0.2) is 4.39 Å². The van der Waals surface area contributed by atoms with Gasteiger partial charge in [-0.05, 0) is 30.3 Å². The molecule has 0 fully saturated rings. The van der Waals surface area contributed by atoms with Gasteiger partial charge in [-0.15, -0.1) is 0 Å². The zero-order valence-corrected chi connectivity index (χ0v) is 15.3. The zero-order valence-electron chi connectivity index (χ0n) is 15.3. The second-order valence-electron chi connectivity index (χ2n) is 6.20. The van der Waals surface area contributed by atoms with Crippen molar-refractivity contribution in [3.05, 3.63) is 59.9 Å². The quantitative estimate of drug-likeness (QED) is 0.829. The van der Waals surface area contributed by atoms with Crippen molar-refractivity contribution in [1.29, 1.82) is 0 Å². The van der Waals surface area contributed by atoms with E-state index in [9.17, 15) is 14.0 Å². The third-order valence-electron chi connectivity index (χ3n) is 4.05. The minimum atomic E-state index is -0.348. The molecule has 138 valence electrons. The van der Waals surface area contributed by atoms with Crippen LogP contribution in [-0.4, -0.2) is 32.5 Å². The number of hydrogen-bond donors (Lipinski definition) is 1. The second-order valence-corrected chi connectivity index (χ2v) is 6.20. The van der Waals surface area contributed by atoms with Crippen LogP contribution in [-0.2, 0) is 16.1 Å². The van der Waals surface area contributed by atoms with Crippen LogP contribution < -0.4 is 15.1 Å². The van der Waals surface area contributed by atoms with Gasteiger partial charge in [-0.1, -0.05) is 18.2 Å². The minimum absolute atomic E-state index is 0.128. The van der Waals surface area contributed by atoms with E-state index in [4.69, 9.17) is 0 Å². The van der Waals surface area contributed by atoms with Crippen molar-refractivity contribution in [3.8, 4) is 0 Å². The number of rotatable bonds is 7. The summed E-state index contributed by atoms with van der Waals surface area (Å²) in [6.45, 7) is 1.86. The Kier molecular flexibility index (Phi) is 6.72. The summed E-state index contributed by atoms with van der Waals surface area (Å²) in [5, 5.41) is 2.69. The highest BCUT2D eigenvalue weighted by Crippen LogP contribution is 2.20. The maximum Gasteiger partial charge on any atom is 0.223 e. The lowest BCUT2D eigenvalue weighted by Crippen LogP contribution is -2.33. The SMILES string of the molecule is CC(=O)N(CCC(=O)NCc1ccccc1F)c1ccc(N(C)C)cc1. The summed E-state index contributed by atoms with van der Waals surface area (Å²) in [6.07, 6.45) is 0.142. The highest BCUT2D eigenvalue weighted by Gasteiger charge is 2.14. The third-order valence-corrected chi connectivity index (χ3v) is 4.05. The van der Waals surface area contributed by atoms with Crippen LogP contribution >= 0.6 is 0 Å². The van der Waals surface area contributed by atoms with Gasteiger partial charge in [0.25, 0.3) is 0 Å². The number of hydrogen-bond acceptors (Lipinski definition) is 3. The van der Waals surface area contributed by atoms with Crippen LogP contribution in [0.15, 0.2) is 48.5 Å². The fourth-order valence-electron chi connectivity index (χ4n) is 2.54. The van der Waals surface area contributed by atoms with E-state index < -0.39 is 0 Å². The van der Waals surface area contributed by atoms with Gasteiger partial charge < -0.3 is 15.1 Å². The molecule has 2 aromatic carbocycles. The van der Waals surface area contributed by atoms with E-state index in [1.807, 2.05) is 43.3 Å². The zero-order chi connectivity index (χ0) is 19.1. The number of anilines is 2. The van der Waals surface area contributed by atoms with Crippen molar-refractivity contribution in [2.45, 2.75) is 19.9 Å². The van der Waals surface area contributed by atoms with Gasteiger partial charge in [0.2, 0.25) is 11.8 Å². The Morgan fingerprint density at radius 1 is 1.00 bits per heavy atom. The number of benzene rings is 2. The molecule has 5 nitrogen and oxygen atoms in total. The Labute approximate surface area is 153 Å². The van der Waals surface area contributed by atoms with Crippen molar-refractivity contribution in [3.63, 3.8) is 0 Å². The lowest BCUT2D eigenvalue weighted by molar-refractivity contribution is -0.121. The van der Waals surface area contributed by atoms with E-state index >= 15 is 0 Å². The Bertz CT molecular complexity index is 760. The van der Waals surface area contributed by atoms with E-state index in [0.717, 1.165) is 11.4 Å². The van der Waals surface area contributed by atoms with Gasteiger partial charge in [0.05, 0.1) is 0 Å². The number of amides is 2. The molecule has 0 radical (unpaired) electrons. The predicted molar refractivity (Wildman–Crippen MR) is 102 cm³/mol. The third kappa shape index (κ3) is 5.31. The lowest BCUT2D eigenvalue weighted by Gasteiger charge is -2.22. The molecule has 0 saturated carbocycles. The first-order chi connectivity index (χ1) is 12.4. The van der Waals surface area contributed by atoms with Crippen LogP contribution in [0.1, 0.15) is 18.9 Å². The van der Waals surface area contributed by atoms with Gasteiger partial charge in [-0.3, -0.25) is 9.59 Å².